The van der Waals surface area contributed by atoms with Crippen LogP contribution >= 0.6 is 24.8 Å². The van der Waals surface area contributed by atoms with Gasteiger partial charge < -0.3 is 14.9 Å². The molecule has 0 nitrogen and oxygen atoms in total. The van der Waals surface area contributed by atoms with Gasteiger partial charge in [0.1, 0.15) is 0 Å². The van der Waals surface area contributed by atoms with E-state index in [0.29, 0.717) is 5.92 Å². The molecule has 4 heteroatoms. The second-order valence-electron chi connectivity index (χ2n) is 13.2. The summed E-state index contributed by atoms with van der Waals surface area (Å²) in [5.74, 6) is 0.579. The SMILES string of the molecule is Cc1cc2c(-c3ccc(C(C)(C)C)cc3)ccc(C)c2[cH-]1.Cc1ccc(-c2cccc3[cH-]c(C(C)C)cc23)cc1C.Cl.Cl.[CH3-].[CH3-].[Si]=[Zr]. The van der Waals surface area contributed by atoms with Crippen LogP contribution in [-0.4, -0.2) is 6.88 Å². The molecule has 0 unspecified atom stereocenters. The van der Waals surface area contributed by atoms with E-state index in [9.17, 15) is 0 Å². The molecule has 0 saturated heterocycles. The Balaban J connectivity index is 0.000000792. The van der Waals surface area contributed by atoms with Gasteiger partial charge in [0.25, 0.3) is 0 Å². The van der Waals surface area contributed by atoms with E-state index in [1.54, 1.807) is 0 Å². The first kappa shape index (κ1) is 44.8. The van der Waals surface area contributed by atoms with Crippen molar-refractivity contribution < 1.29 is 23.3 Å². The Bertz CT molecular complexity index is 1850. The molecule has 2 radical (unpaired) electrons. The summed E-state index contributed by atoms with van der Waals surface area (Å²) in [6, 6.07) is 36.1. The van der Waals surface area contributed by atoms with Gasteiger partial charge in [-0.25, -0.2) is 0 Å². The normalized spacial score (nSPS) is 10.3. The third-order valence-corrected chi connectivity index (χ3v) is 8.57. The quantitative estimate of drug-likeness (QED) is 0.125. The van der Waals surface area contributed by atoms with Crippen LogP contribution in [0, 0.1) is 42.5 Å². The molecular weight excluding hydrogens is 707 g/mol. The van der Waals surface area contributed by atoms with Gasteiger partial charge in [-0.1, -0.05) is 114 Å². The second-order valence-corrected chi connectivity index (χ2v) is 13.2. The zero-order valence-corrected chi connectivity index (χ0v) is 35.2. The number of benzene rings is 4. The summed E-state index contributed by atoms with van der Waals surface area (Å²) in [6.45, 7) is 23.1. The van der Waals surface area contributed by atoms with Crippen LogP contribution in [-0.2, 0) is 28.8 Å². The average Bonchev–Trinajstić information content (AvgIpc) is 3.60. The predicted molar refractivity (Wildman–Crippen MR) is 215 cm³/mol. The van der Waals surface area contributed by atoms with Crippen LogP contribution in [0.15, 0.2) is 97.1 Å². The molecule has 0 aromatic heterocycles. The summed E-state index contributed by atoms with van der Waals surface area (Å²) in [7, 11) is 0. The summed E-state index contributed by atoms with van der Waals surface area (Å²) in [5.41, 5.74) is 13.7. The third-order valence-electron chi connectivity index (χ3n) is 8.57. The molecule has 6 rings (SSSR count). The van der Waals surface area contributed by atoms with Crippen LogP contribution < -0.4 is 0 Å². The van der Waals surface area contributed by atoms with E-state index in [0.717, 1.165) is 0 Å². The van der Waals surface area contributed by atoms with Gasteiger partial charge in [0.15, 0.2) is 0 Å². The maximum absolute atomic E-state index is 3.06. The minimum absolute atomic E-state index is 0. The molecule has 6 aromatic rings. The summed E-state index contributed by atoms with van der Waals surface area (Å²) in [5, 5.41) is 5.48. The first-order valence-corrected chi connectivity index (χ1v) is 19.4. The summed E-state index contributed by atoms with van der Waals surface area (Å²) in [6.07, 6.45) is 0. The fourth-order valence-corrected chi connectivity index (χ4v) is 5.74. The number of halogens is 2. The Morgan fingerprint density at radius 2 is 1.19 bits per heavy atom. The van der Waals surface area contributed by atoms with Gasteiger partial charge in [0, 0.05) is 0 Å². The van der Waals surface area contributed by atoms with Crippen molar-refractivity contribution in [2.24, 2.45) is 0 Å². The first-order chi connectivity index (χ1) is 20.4. The molecule has 6 aromatic carbocycles. The van der Waals surface area contributed by atoms with Gasteiger partial charge >= 0.3 is 30.2 Å². The summed E-state index contributed by atoms with van der Waals surface area (Å²) >= 11 is 1.36. The number of rotatable bonds is 3. The monoisotopic (exact) mass is 756 g/mol. The molecule has 47 heavy (non-hydrogen) atoms. The molecule has 0 atom stereocenters. The van der Waals surface area contributed by atoms with Crippen LogP contribution in [0.2, 0.25) is 0 Å². The van der Waals surface area contributed by atoms with Crippen molar-refractivity contribution in [1.29, 1.82) is 0 Å². The zero-order valence-electron chi connectivity index (χ0n) is 30.1. The number of fused-ring (bicyclic) bond motifs is 2. The van der Waals surface area contributed by atoms with Gasteiger partial charge in [-0.05, 0) is 53.0 Å². The van der Waals surface area contributed by atoms with E-state index in [1.807, 2.05) is 0 Å². The summed E-state index contributed by atoms with van der Waals surface area (Å²) < 4.78 is 0. The van der Waals surface area contributed by atoms with Crippen molar-refractivity contribution in [1.82, 2.24) is 0 Å². The Labute approximate surface area is 315 Å². The number of hydrogen-bond acceptors (Lipinski definition) is 0. The molecule has 250 valence electrons. The van der Waals surface area contributed by atoms with Crippen molar-refractivity contribution in [3.63, 3.8) is 0 Å². The van der Waals surface area contributed by atoms with E-state index in [2.05, 4.69) is 166 Å². The van der Waals surface area contributed by atoms with Crippen molar-refractivity contribution in [2.75, 3.05) is 0 Å². The Kier molecular flexibility index (Phi) is 18.2. The van der Waals surface area contributed by atoms with Crippen LogP contribution in [0.5, 0.6) is 0 Å². The number of aryl methyl sites for hydroxylation is 4. The van der Waals surface area contributed by atoms with Gasteiger partial charge in [-0.2, -0.15) is 12.1 Å². The molecule has 0 fully saturated rings. The van der Waals surface area contributed by atoms with Crippen molar-refractivity contribution in [3.8, 4) is 22.3 Å². The van der Waals surface area contributed by atoms with Crippen LogP contribution in [0.25, 0.3) is 43.8 Å². The molecule has 0 saturated carbocycles. The van der Waals surface area contributed by atoms with Gasteiger partial charge in [-0.3, -0.25) is 0 Å². The van der Waals surface area contributed by atoms with Crippen LogP contribution in [0.4, 0.5) is 0 Å². The molecule has 0 aliphatic rings. The molecule has 0 heterocycles. The van der Waals surface area contributed by atoms with Crippen molar-refractivity contribution in [2.45, 2.75) is 73.6 Å². The van der Waals surface area contributed by atoms with E-state index in [-0.39, 0.29) is 45.1 Å². The van der Waals surface area contributed by atoms with E-state index >= 15 is 0 Å². The Morgan fingerprint density at radius 1 is 0.617 bits per heavy atom. The van der Waals surface area contributed by atoms with Crippen molar-refractivity contribution >= 4 is 53.2 Å². The first-order valence-electron chi connectivity index (χ1n) is 15.2. The molecular formula is C43H52Cl2SiZr-4. The third kappa shape index (κ3) is 10.4. The van der Waals surface area contributed by atoms with E-state index in [1.165, 1.54) is 101 Å². The fourth-order valence-electron chi connectivity index (χ4n) is 5.74. The fraction of sp³-hybridized carbons (Fsp3) is 0.256. The Hall–Kier alpha value is -2.22. The molecule has 0 N–H and O–H groups in total. The second kappa shape index (κ2) is 19.1. The van der Waals surface area contributed by atoms with Crippen LogP contribution in [0.1, 0.15) is 73.9 Å². The topological polar surface area (TPSA) is 0 Å². The predicted octanol–water partition coefficient (Wildman–Crippen LogP) is 13.5. The summed E-state index contributed by atoms with van der Waals surface area (Å²) in [4.78, 5) is 0. The van der Waals surface area contributed by atoms with E-state index < -0.39 is 0 Å². The standard InChI is InChI=1S/C21H23.C20H21.2CH3.2ClH.Si.Zr/c1-14-12-19-15(2)6-11-18(20(19)13-14)16-7-9-17(10-8-16)21(3,4)5;1-13(2)18-11-16-6-5-7-19(20(16)12-18)17-9-8-14(3)15(4)10-17;;;;;;/h6-13H,1-5H3;5-13H,1-4H3;2*1H3;2*1H;;/q4*-1;;;;. The van der Waals surface area contributed by atoms with E-state index in [4.69, 9.17) is 0 Å². The molecule has 0 spiro atoms. The maximum atomic E-state index is 3.06. The van der Waals surface area contributed by atoms with Gasteiger partial charge in [-0.15, -0.1) is 93.4 Å². The van der Waals surface area contributed by atoms with Gasteiger partial charge in [0.2, 0.25) is 0 Å². The molecule has 0 bridgehead atoms. The molecule has 0 aliphatic carbocycles. The van der Waals surface area contributed by atoms with Crippen LogP contribution in [0.3, 0.4) is 0 Å². The Morgan fingerprint density at radius 3 is 1.77 bits per heavy atom. The number of hydrogen-bond donors (Lipinski definition) is 0. The minimum atomic E-state index is 0. The molecule has 0 aliphatic heterocycles. The average molecular weight is 759 g/mol. The zero-order chi connectivity index (χ0) is 31.5. The van der Waals surface area contributed by atoms with Gasteiger partial charge in [0.05, 0.1) is 0 Å². The molecule has 0 amide bonds. The van der Waals surface area contributed by atoms with Crippen molar-refractivity contribution in [3.05, 3.63) is 145 Å².